The number of likely N-dealkylation sites (N-methyl/N-ethyl adjacent to an activating group) is 1. The Balaban J connectivity index is 2.40. The van der Waals surface area contributed by atoms with Crippen molar-refractivity contribution in [3.8, 4) is 0 Å². The van der Waals surface area contributed by atoms with Crippen molar-refractivity contribution < 1.29 is 14.3 Å². The maximum atomic E-state index is 12.6. The third kappa shape index (κ3) is 5.22. The van der Waals surface area contributed by atoms with Gasteiger partial charge in [-0.25, -0.2) is 9.59 Å². The molecule has 0 radical (unpaired) electrons. The highest BCUT2D eigenvalue weighted by Gasteiger charge is 2.33. The summed E-state index contributed by atoms with van der Waals surface area (Å²) in [5.74, 6) is -0.432. The Hall–Kier alpha value is -2.05. The average molecular weight is 380 g/mol. The van der Waals surface area contributed by atoms with E-state index in [4.69, 9.17) is 16.3 Å². The average Bonchev–Trinajstić information content (AvgIpc) is 2.60. The standard InChI is InChI=1S/C19H26ClN3O3/c1-4-6-11-23(3)12-15-16(18(24)26-5-2)17(22-19(25)21-15)13-7-9-14(20)10-8-13/h7-10,17H,4-6,11-12H2,1-3H3,(H2,21,22,25). The quantitative estimate of drug-likeness (QED) is 0.680. The van der Waals surface area contributed by atoms with Crippen LogP contribution in [0.15, 0.2) is 35.5 Å². The van der Waals surface area contributed by atoms with Crippen molar-refractivity contribution in [1.29, 1.82) is 0 Å². The molecule has 1 aliphatic heterocycles. The molecule has 0 aromatic heterocycles. The number of hydrogen-bond donors (Lipinski definition) is 2. The maximum Gasteiger partial charge on any atom is 0.338 e. The Bertz CT molecular complexity index is 673. The molecule has 0 saturated carbocycles. The van der Waals surface area contributed by atoms with Crippen molar-refractivity contribution in [1.82, 2.24) is 15.5 Å². The van der Waals surface area contributed by atoms with Crippen molar-refractivity contribution in [2.45, 2.75) is 32.7 Å². The highest BCUT2D eigenvalue weighted by Crippen LogP contribution is 2.29. The van der Waals surface area contributed by atoms with Gasteiger partial charge in [-0.05, 0) is 44.6 Å². The summed E-state index contributed by atoms with van der Waals surface area (Å²) in [6.07, 6.45) is 2.13. The fourth-order valence-corrected chi connectivity index (χ4v) is 3.00. The van der Waals surface area contributed by atoms with Crippen LogP contribution in [0.5, 0.6) is 0 Å². The third-order valence-corrected chi connectivity index (χ3v) is 4.43. The zero-order chi connectivity index (χ0) is 19.1. The van der Waals surface area contributed by atoms with Gasteiger partial charge in [0.25, 0.3) is 0 Å². The molecule has 142 valence electrons. The van der Waals surface area contributed by atoms with Crippen LogP contribution >= 0.6 is 11.6 Å². The van der Waals surface area contributed by atoms with Gasteiger partial charge in [0.1, 0.15) is 0 Å². The summed E-state index contributed by atoms with van der Waals surface area (Å²) in [5.41, 5.74) is 1.78. The number of hydrogen-bond acceptors (Lipinski definition) is 4. The molecule has 0 spiro atoms. The Morgan fingerprint density at radius 3 is 2.58 bits per heavy atom. The summed E-state index contributed by atoms with van der Waals surface area (Å²) < 4.78 is 5.25. The van der Waals surface area contributed by atoms with E-state index in [9.17, 15) is 9.59 Å². The third-order valence-electron chi connectivity index (χ3n) is 4.17. The molecule has 2 amide bonds. The zero-order valence-electron chi connectivity index (χ0n) is 15.5. The molecule has 2 rings (SSSR count). The van der Waals surface area contributed by atoms with E-state index in [0.29, 0.717) is 22.8 Å². The summed E-state index contributed by atoms with van der Waals surface area (Å²) in [4.78, 5) is 26.9. The number of ether oxygens (including phenoxy) is 1. The first-order valence-corrected chi connectivity index (χ1v) is 9.25. The first-order chi connectivity index (χ1) is 12.5. The van der Waals surface area contributed by atoms with E-state index in [2.05, 4.69) is 22.5 Å². The van der Waals surface area contributed by atoms with Crippen LogP contribution in [0.1, 0.15) is 38.3 Å². The molecule has 0 bridgehead atoms. The van der Waals surface area contributed by atoms with E-state index in [0.717, 1.165) is 24.9 Å². The van der Waals surface area contributed by atoms with Gasteiger partial charge in [0.2, 0.25) is 0 Å². The first-order valence-electron chi connectivity index (χ1n) is 8.87. The van der Waals surface area contributed by atoms with Gasteiger partial charge in [-0.2, -0.15) is 0 Å². The number of carbonyl (C=O) groups excluding carboxylic acids is 2. The molecule has 0 saturated heterocycles. The van der Waals surface area contributed by atoms with E-state index in [1.165, 1.54) is 0 Å². The van der Waals surface area contributed by atoms with Gasteiger partial charge in [0, 0.05) is 17.3 Å². The number of esters is 1. The van der Waals surface area contributed by atoms with Crippen LogP contribution in [0, 0.1) is 0 Å². The number of urea groups is 1. The van der Waals surface area contributed by atoms with Crippen molar-refractivity contribution >= 4 is 23.6 Å². The maximum absolute atomic E-state index is 12.6. The molecule has 1 aromatic carbocycles. The normalized spacial score (nSPS) is 17.1. The monoisotopic (exact) mass is 379 g/mol. The van der Waals surface area contributed by atoms with Gasteiger partial charge in [0.15, 0.2) is 0 Å². The summed E-state index contributed by atoms with van der Waals surface area (Å²) in [5, 5.41) is 6.20. The molecule has 0 aliphatic carbocycles. The van der Waals surface area contributed by atoms with Crippen LogP contribution in [-0.2, 0) is 9.53 Å². The van der Waals surface area contributed by atoms with Gasteiger partial charge in [-0.1, -0.05) is 37.1 Å². The molecule has 1 aliphatic rings. The minimum Gasteiger partial charge on any atom is -0.463 e. The molecule has 1 unspecified atom stereocenters. The van der Waals surface area contributed by atoms with E-state index < -0.39 is 12.0 Å². The summed E-state index contributed by atoms with van der Waals surface area (Å²) in [6, 6.07) is 6.17. The molecule has 2 N–H and O–H groups in total. The van der Waals surface area contributed by atoms with Crippen LogP contribution in [0.4, 0.5) is 4.79 Å². The topological polar surface area (TPSA) is 70.7 Å². The van der Waals surface area contributed by atoms with Gasteiger partial charge < -0.3 is 20.3 Å². The van der Waals surface area contributed by atoms with Crippen molar-refractivity contribution in [2.24, 2.45) is 0 Å². The second-order valence-electron chi connectivity index (χ2n) is 6.29. The number of unbranched alkanes of at least 4 members (excludes halogenated alkanes) is 1. The molecule has 6 nitrogen and oxygen atoms in total. The van der Waals surface area contributed by atoms with Crippen LogP contribution < -0.4 is 10.6 Å². The van der Waals surface area contributed by atoms with Crippen molar-refractivity contribution in [3.05, 3.63) is 46.1 Å². The number of amides is 2. The van der Waals surface area contributed by atoms with Crippen molar-refractivity contribution in [2.75, 3.05) is 26.7 Å². The number of nitrogens with one attached hydrogen (secondary N) is 2. The number of nitrogens with zero attached hydrogens (tertiary/aromatic N) is 1. The Labute approximate surface area is 159 Å². The van der Waals surface area contributed by atoms with Crippen LogP contribution in [-0.4, -0.2) is 43.6 Å². The molecule has 26 heavy (non-hydrogen) atoms. The predicted octanol–water partition coefficient (Wildman–Crippen LogP) is 3.24. The second kappa shape index (κ2) is 9.59. The molecule has 7 heteroatoms. The number of rotatable bonds is 8. The molecular weight excluding hydrogens is 354 g/mol. The number of carbonyl (C=O) groups is 2. The Morgan fingerprint density at radius 2 is 1.96 bits per heavy atom. The molecular formula is C19H26ClN3O3. The van der Waals surface area contributed by atoms with E-state index in [1.807, 2.05) is 7.05 Å². The Kier molecular flexibility index (Phi) is 7.48. The Morgan fingerprint density at radius 1 is 1.27 bits per heavy atom. The number of halogens is 1. The minimum atomic E-state index is -0.574. The largest absolute Gasteiger partial charge is 0.463 e. The van der Waals surface area contributed by atoms with Crippen LogP contribution in [0.25, 0.3) is 0 Å². The molecule has 1 aromatic rings. The van der Waals surface area contributed by atoms with E-state index in [-0.39, 0.29) is 12.6 Å². The summed E-state index contributed by atoms with van der Waals surface area (Å²) in [6.45, 7) is 5.50. The fraction of sp³-hybridized carbons (Fsp3) is 0.474. The molecule has 1 atom stereocenters. The predicted molar refractivity (Wildman–Crippen MR) is 102 cm³/mol. The lowest BCUT2D eigenvalue weighted by atomic mass is 9.95. The smallest absolute Gasteiger partial charge is 0.338 e. The number of benzene rings is 1. The molecule has 0 fully saturated rings. The van der Waals surface area contributed by atoms with Gasteiger partial charge in [-0.3, -0.25) is 0 Å². The SMILES string of the molecule is CCCCN(C)CC1=C(C(=O)OCC)C(c2ccc(Cl)cc2)NC(=O)N1. The fourth-order valence-electron chi connectivity index (χ4n) is 2.87. The van der Waals surface area contributed by atoms with E-state index in [1.54, 1.807) is 31.2 Å². The van der Waals surface area contributed by atoms with Gasteiger partial charge >= 0.3 is 12.0 Å². The van der Waals surface area contributed by atoms with Crippen molar-refractivity contribution in [3.63, 3.8) is 0 Å². The van der Waals surface area contributed by atoms with Gasteiger partial charge in [0.05, 0.1) is 18.2 Å². The van der Waals surface area contributed by atoms with Crippen LogP contribution in [0.2, 0.25) is 5.02 Å². The highest BCUT2D eigenvalue weighted by atomic mass is 35.5. The molecule has 1 heterocycles. The summed E-state index contributed by atoms with van der Waals surface area (Å²) >= 11 is 5.96. The lowest BCUT2D eigenvalue weighted by Gasteiger charge is -2.31. The lowest BCUT2D eigenvalue weighted by molar-refractivity contribution is -0.139. The first kappa shape index (κ1) is 20.3. The zero-order valence-corrected chi connectivity index (χ0v) is 16.2. The van der Waals surface area contributed by atoms with Crippen LogP contribution in [0.3, 0.4) is 0 Å². The summed E-state index contributed by atoms with van der Waals surface area (Å²) in [7, 11) is 1.97. The lowest BCUT2D eigenvalue weighted by Crippen LogP contribution is -2.48. The van der Waals surface area contributed by atoms with E-state index >= 15 is 0 Å². The highest BCUT2D eigenvalue weighted by molar-refractivity contribution is 6.30. The minimum absolute atomic E-state index is 0.266. The second-order valence-corrected chi connectivity index (χ2v) is 6.72. The van der Waals surface area contributed by atoms with Gasteiger partial charge in [-0.15, -0.1) is 0 Å².